The molecule has 0 saturated heterocycles. The summed E-state index contributed by atoms with van der Waals surface area (Å²) in [5, 5.41) is 2.89. The quantitative estimate of drug-likeness (QED) is 0.810. The van der Waals surface area contributed by atoms with Crippen molar-refractivity contribution in [1.29, 1.82) is 0 Å². The van der Waals surface area contributed by atoms with E-state index in [4.69, 9.17) is 0 Å². The van der Waals surface area contributed by atoms with Crippen LogP contribution in [0.4, 0.5) is 10.3 Å². The van der Waals surface area contributed by atoms with Gasteiger partial charge in [0.25, 0.3) is 0 Å². The fraction of sp³-hybridized carbons (Fsp3) is 0.500. The highest BCUT2D eigenvalue weighted by Crippen LogP contribution is 1.99. The van der Waals surface area contributed by atoms with Crippen LogP contribution in [0.5, 0.6) is 0 Å². The van der Waals surface area contributed by atoms with E-state index in [1.54, 1.807) is 6.26 Å². The van der Waals surface area contributed by atoms with Gasteiger partial charge in [0.05, 0.1) is 12.4 Å². The second-order valence-corrected chi connectivity index (χ2v) is 4.72. The molecule has 4 nitrogen and oxygen atoms in total. The molecule has 0 aliphatic heterocycles. The summed E-state index contributed by atoms with van der Waals surface area (Å²) in [6, 6.07) is 0. The molecule has 0 amide bonds. The average Bonchev–Trinajstić information content (AvgIpc) is 2.16. The Hall–Kier alpha value is -1.04. The highest BCUT2D eigenvalue weighted by Gasteiger charge is 2.06. The van der Waals surface area contributed by atoms with Crippen molar-refractivity contribution in [2.24, 2.45) is 0 Å². The van der Waals surface area contributed by atoms with Gasteiger partial charge in [0.15, 0.2) is 5.82 Å². The predicted octanol–water partition coefficient (Wildman–Crippen LogP) is 0.795. The molecule has 0 spiro atoms. The van der Waals surface area contributed by atoms with E-state index in [9.17, 15) is 8.60 Å². The van der Waals surface area contributed by atoms with Gasteiger partial charge in [-0.05, 0) is 6.92 Å². The van der Waals surface area contributed by atoms with Crippen LogP contribution in [0.25, 0.3) is 0 Å². The minimum Gasteiger partial charge on any atom is -0.353 e. The molecule has 0 aliphatic carbocycles. The van der Waals surface area contributed by atoms with E-state index in [1.165, 1.54) is 0 Å². The first-order valence-corrected chi connectivity index (χ1v) is 5.75. The molecule has 2 atom stereocenters. The van der Waals surface area contributed by atoms with Gasteiger partial charge >= 0.3 is 0 Å². The molecular formula is C8H12FN3OS. The highest BCUT2D eigenvalue weighted by atomic mass is 32.2. The van der Waals surface area contributed by atoms with Crippen LogP contribution in [-0.4, -0.2) is 32.2 Å². The van der Waals surface area contributed by atoms with Gasteiger partial charge in [0.1, 0.15) is 0 Å². The van der Waals surface area contributed by atoms with E-state index in [0.29, 0.717) is 12.5 Å². The summed E-state index contributed by atoms with van der Waals surface area (Å²) in [6.07, 6.45) is 3.81. The molecule has 14 heavy (non-hydrogen) atoms. The lowest BCUT2D eigenvalue weighted by molar-refractivity contribution is 0.614. The second kappa shape index (κ2) is 4.99. The van der Waals surface area contributed by atoms with Gasteiger partial charge in [0.2, 0.25) is 5.95 Å². The molecule has 2 unspecified atom stereocenters. The molecule has 0 fully saturated rings. The van der Waals surface area contributed by atoms with Crippen molar-refractivity contribution >= 4 is 16.7 Å². The summed E-state index contributed by atoms with van der Waals surface area (Å²) in [5.74, 6) is -0.119. The molecule has 6 heteroatoms. The van der Waals surface area contributed by atoms with Crippen molar-refractivity contribution < 1.29 is 8.60 Å². The number of hydrogen-bond acceptors (Lipinski definition) is 4. The van der Waals surface area contributed by atoms with E-state index in [0.717, 1.165) is 12.4 Å². The fourth-order valence-electron chi connectivity index (χ4n) is 0.756. The molecular weight excluding hydrogens is 205 g/mol. The number of halogens is 1. The van der Waals surface area contributed by atoms with Crippen LogP contribution in [-0.2, 0) is 10.8 Å². The van der Waals surface area contributed by atoms with Crippen molar-refractivity contribution in [3.8, 4) is 0 Å². The fourth-order valence-corrected chi connectivity index (χ4v) is 1.07. The number of rotatable bonds is 4. The lowest BCUT2D eigenvalue weighted by Crippen LogP contribution is -2.21. The van der Waals surface area contributed by atoms with Crippen LogP contribution >= 0.6 is 0 Å². The Morgan fingerprint density at radius 2 is 2.14 bits per heavy atom. The molecule has 0 bridgehead atoms. The molecule has 78 valence electrons. The van der Waals surface area contributed by atoms with Gasteiger partial charge in [-0.25, -0.2) is 14.4 Å². The Bertz CT molecular complexity index is 317. The van der Waals surface area contributed by atoms with Crippen molar-refractivity contribution in [3.63, 3.8) is 0 Å². The van der Waals surface area contributed by atoms with Crippen LogP contribution < -0.4 is 5.32 Å². The lowest BCUT2D eigenvalue weighted by atomic mass is 10.5. The van der Waals surface area contributed by atoms with Gasteiger partial charge in [-0.2, -0.15) is 0 Å². The SMILES string of the molecule is CC(CNc1ncc(F)cn1)S(C)=O. The maximum Gasteiger partial charge on any atom is 0.222 e. The first-order valence-electron chi connectivity index (χ1n) is 4.13. The highest BCUT2D eigenvalue weighted by molar-refractivity contribution is 7.84. The van der Waals surface area contributed by atoms with Gasteiger partial charge in [-0.3, -0.25) is 4.21 Å². The number of nitrogens with one attached hydrogen (secondary N) is 1. The Morgan fingerprint density at radius 3 is 2.64 bits per heavy atom. The van der Waals surface area contributed by atoms with Gasteiger partial charge in [0, 0.05) is 28.9 Å². The zero-order valence-electron chi connectivity index (χ0n) is 8.03. The summed E-state index contributed by atoms with van der Waals surface area (Å²) in [7, 11) is -0.880. The van der Waals surface area contributed by atoms with Crippen LogP contribution in [0.3, 0.4) is 0 Å². The Morgan fingerprint density at radius 1 is 1.57 bits per heavy atom. The zero-order chi connectivity index (χ0) is 10.6. The molecule has 0 aromatic carbocycles. The van der Waals surface area contributed by atoms with Crippen molar-refractivity contribution in [2.45, 2.75) is 12.2 Å². The van der Waals surface area contributed by atoms with E-state index >= 15 is 0 Å². The third kappa shape index (κ3) is 3.37. The standard InChI is InChI=1S/C8H12FN3OS/c1-6(14(2)13)3-10-8-11-4-7(9)5-12-8/h4-6H,3H2,1-2H3,(H,10,11,12). The maximum atomic E-state index is 12.4. The first kappa shape index (κ1) is 11.0. The van der Waals surface area contributed by atoms with Crippen LogP contribution in [0.15, 0.2) is 12.4 Å². The molecule has 0 radical (unpaired) electrons. The van der Waals surface area contributed by atoms with Gasteiger partial charge in [-0.15, -0.1) is 0 Å². The number of anilines is 1. The van der Waals surface area contributed by atoms with Crippen LogP contribution in [0, 0.1) is 5.82 Å². The number of nitrogens with zero attached hydrogens (tertiary/aromatic N) is 2. The van der Waals surface area contributed by atoms with E-state index in [-0.39, 0.29) is 5.25 Å². The minimum absolute atomic E-state index is 0.0173. The number of hydrogen-bond donors (Lipinski definition) is 1. The van der Waals surface area contributed by atoms with Gasteiger partial charge < -0.3 is 5.32 Å². The van der Waals surface area contributed by atoms with Crippen LogP contribution in [0.2, 0.25) is 0 Å². The van der Waals surface area contributed by atoms with Crippen LogP contribution in [0.1, 0.15) is 6.92 Å². The maximum absolute atomic E-state index is 12.4. The third-order valence-corrected chi connectivity index (χ3v) is 3.03. The van der Waals surface area contributed by atoms with E-state index in [1.807, 2.05) is 6.92 Å². The van der Waals surface area contributed by atoms with Crippen molar-refractivity contribution in [1.82, 2.24) is 9.97 Å². The molecule has 0 aliphatic rings. The summed E-state index contributed by atoms with van der Waals surface area (Å²) in [4.78, 5) is 7.43. The third-order valence-electron chi connectivity index (χ3n) is 1.73. The van der Waals surface area contributed by atoms with Crippen molar-refractivity contribution in [2.75, 3.05) is 18.1 Å². The lowest BCUT2D eigenvalue weighted by Gasteiger charge is -2.08. The summed E-state index contributed by atoms with van der Waals surface area (Å²) >= 11 is 0. The predicted molar refractivity (Wildman–Crippen MR) is 54.0 cm³/mol. The topological polar surface area (TPSA) is 54.9 Å². The van der Waals surface area contributed by atoms with E-state index < -0.39 is 16.6 Å². The summed E-state index contributed by atoms with van der Waals surface area (Å²) < 4.78 is 23.4. The molecule has 1 aromatic heterocycles. The zero-order valence-corrected chi connectivity index (χ0v) is 8.84. The summed E-state index contributed by atoms with van der Waals surface area (Å²) in [6.45, 7) is 2.36. The van der Waals surface area contributed by atoms with E-state index in [2.05, 4.69) is 15.3 Å². The Kier molecular flexibility index (Phi) is 3.94. The Balaban J connectivity index is 2.46. The molecule has 0 saturated carbocycles. The normalized spacial score (nSPS) is 14.8. The second-order valence-electron chi connectivity index (χ2n) is 2.92. The summed E-state index contributed by atoms with van der Waals surface area (Å²) in [5.41, 5.74) is 0. The first-order chi connectivity index (χ1) is 6.59. The number of aromatic nitrogens is 2. The minimum atomic E-state index is -0.880. The monoisotopic (exact) mass is 217 g/mol. The average molecular weight is 217 g/mol. The van der Waals surface area contributed by atoms with Crippen molar-refractivity contribution in [3.05, 3.63) is 18.2 Å². The largest absolute Gasteiger partial charge is 0.353 e. The molecule has 1 rings (SSSR count). The Labute approximate surface area is 84.4 Å². The molecule has 1 N–H and O–H groups in total. The van der Waals surface area contributed by atoms with Gasteiger partial charge in [-0.1, -0.05) is 0 Å². The molecule has 1 heterocycles. The molecule has 1 aromatic rings. The smallest absolute Gasteiger partial charge is 0.222 e.